The molecule has 1 amide bonds. The third kappa shape index (κ3) is 5.89. The van der Waals surface area contributed by atoms with Crippen molar-refractivity contribution in [2.45, 2.75) is 32.4 Å². The Morgan fingerprint density at radius 2 is 2.00 bits per heavy atom. The van der Waals surface area contributed by atoms with E-state index in [1.165, 1.54) is 0 Å². The van der Waals surface area contributed by atoms with E-state index in [4.69, 9.17) is 4.74 Å². The summed E-state index contributed by atoms with van der Waals surface area (Å²) < 4.78 is 31.2. The summed E-state index contributed by atoms with van der Waals surface area (Å²) in [6.07, 6.45) is 3.00. The molecule has 1 fully saturated rings. The Hall–Kier alpha value is -1.44. The molecule has 0 saturated carbocycles. The summed E-state index contributed by atoms with van der Waals surface area (Å²) in [6.45, 7) is 3.45. The summed E-state index contributed by atoms with van der Waals surface area (Å²) in [5.41, 5.74) is 1.02. The lowest BCUT2D eigenvalue weighted by molar-refractivity contribution is -0.135. The van der Waals surface area contributed by atoms with Crippen LogP contribution in [0.5, 0.6) is 0 Å². The molecule has 2 atom stereocenters. The normalized spacial score (nSPS) is 21.2. The van der Waals surface area contributed by atoms with E-state index in [-0.39, 0.29) is 24.5 Å². The molecular formula is C17H26N2O4S. The van der Waals surface area contributed by atoms with Crippen LogP contribution in [-0.2, 0) is 26.2 Å². The van der Waals surface area contributed by atoms with Gasteiger partial charge < -0.3 is 9.64 Å². The van der Waals surface area contributed by atoms with Gasteiger partial charge in [0.05, 0.1) is 12.9 Å². The van der Waals surface area contributed by atoms with Crippen LogP contribution >= 0.6 is 0 Å². The molecule has 0 aliphatic carbocycles. The average Bonchev–Trinajstić information content (AvgIpc) is 2.90. The van der Waals surface area contributed by atoms with Crippen molar-refractivity contribution < 1.29 is 17.9 Å². The minimum atomic E-state index is -3.28. The maximum atomic E-state index is 12.3. The molecule has 24 heavy (non-hydrogen) atoms. The minimum absolute atomic E-state index is 0.0132. The van der Waals surface area contributed by atoms with E-state index in [1.807, 2.05) is 30.3 Å². The molecule has 0 unspecified atom stereocenters. The first-order chi connectivity index (χ1) is 11.4. The van der Waals surface area contributed by atoms with Gasteiger partial charge in [0.15, 0.2) is 0 Å². The quantitative estimate of drug-likeness (QED) is 0.765. The molecule has 1 aliphatic heterocycles. The molecule has 7 heteroatoms. The highest BCUT2D eigenvalue weighted by Gasteiger charge is 2.35. The van der Waals surface area contributed by atoms with E-state index in [0.717, 1.165) is 24.7 Å². The Kier molecular flexibility index (Phi) is 6.77. The molecule has 1 heterocycles. The van der Waals surface area contributed by atoms with Crippen molar-refractivity contribution in [3.63, 3.8) is 0 Å². The smallest absolute Gasteiger partial charge is 0.248 e. The van der Waals surface area contributed by atoms with Crippen molar-refractivity contribution >= 4 is 15.9 Å². The number of hydrogen-bond donors (Lipinski definition) is 1. The van der Waals surface area contributed by atoms with Gasteiger partial charge in [-0.2, -0.15) is 0 Å². The molecular weight excluding hydrogens is 328 g/mol. The molecule has 0 radical (unpaired) electrons. The molecule has 1 saturated heterocycles. The van der Waals surface area contributed by atoms with Crippen LogP contribution in [0.2, 0.25) is 0 Å². The number of carbonyl (C=O) groups excluding carboxylic acids is 1. The molecule has 0 bridgehead atoms. The van der Waals surface area contributed by atoms with Crippen LogP contribution in [0.25, 0.3) is 0 Å². The van der Waals surface area contributed by atoms with Gasteiger partial charge in [0.1, 0.15) is 6.61 Å². The Morgan fingerprint density at radius 1 is 1.29 bits per heavy atom. The molecule has 2 rings (SSSR count). The second-order valence-electron chi connectivity index (χ2n) is 6.32. The summed E-state index contributed by atoms with van der Waals surface area (Å²) in [5, 5.41) is 0. The number of hydrogen-bond acceptors (Lipinski definition) is 4. The second-order valence-corrected chi connectivity index (χ2v) is 8.10. The minimum Gasteiger partial charge on any atom is -0.367 e. The van der Waals surface area contributed by atoms with Crippen molar-refractivity contribution in [3.05, 3.63) is 35.9 Å². The third-order valence-electron chi connectivity index (χ3n) is 4.16. The summed E-state index contributed by atoms with van der Waals surface area (Å²) in [4.78, 5) is 14.0. The number of rotatable bonds is 8. The van der Waals surface area contributed by atoms with E-state index in [0.29, 0.717) is 19.7 Å². The summed E-state index contributed by atoms with van der Waals surface area (Å²) in [5.74, 6) is 0.0626. The fraction of sp³-hybridized carbons (Fsp3) is 0.588. The average molecular weight is 354 g/mol. The number of carbonyl (C=O) groups is 1. The lowest BCUT2D eigenvalue weighted by Gasteiger charge is -2.17. The summed E-state index contributed by atoms with van der Waals surface area (Å²) in [7, 11) is -3.28. The zero-order valence-corrected chi connectivity index (χ0v) is 15.1. The van der Waals surface area contributed by atoms with E-state index >= 15 is 0 Å². The van der Waals surface area contributed by atoms with E-state index in [1.54, 1.807) is 4.90 Å². The molecule has 0 spiro atoms. The van der Waals surface area contributed by atoms with Gasteiger partial charge in [-0.25, -0.2) is 13.1 Å². The van der Waals surface area contributed by atoms with Gasteiger partial charge in [-0.15, -0.1) is 0 Å². The van der Waals surface area contributed by atoms with Crippen LogP contribution in [0, 0.1) is 5.92 Å². The van der Waals surface area contributed by atoms with Crippen molar-refractivity contribution in [1.82, 2.24) is 9.62 Å². The van der Waals surface area contributed by atoms with Crippen LogP contribution in [0.4, 0.5) is 0 Å². The fourth-order valence-electron chi connectivity index (χ4n) is 3.07. The Bertz CT molecular complexity index is 633. The van der Waals surface area contributed by atoms with Crippen LogP contribution < -0.4 is 4.72 Å². The molecule has 6 nitrogen and oxygen atoms in total. The van der Waals surface area contributed by atoms with Gasteiger partial charge in [-0.3, -0.25) is 4.79 Å². The highest BCUT2D eigenvalue weighted by Crippen LogP contribution is 2.22. The zero-order valence-electron chi connectivity index (χ0n) is 14.3. The topological polar surface area (TPSA) is 75.7 Å². The first kappa shape index (κ1) is 18.9. The molecule has 1 aliphatic rings. The van der Waals surface area contributed by atoms with Crippen molar-refractivity contribution in [3.8, 4) is 0 Å². The zero-order chi connectivity index (χ0) is 17.6. The first-order valence-corrected chi connectivity index (χ1v) is 10.1. The third-order valence-corrected chi connectivity index (χ3v) is 4.89. The van der Waals surface area contributed by atoms with Crippen molar-refractivity contribution in [2.24, 2.45) is 5.92 Å². The Labute approximate surface area is 144 Å². The molecule has 1 aromatic carbocycles. The summed E-state index contributed by atoms with van der Waals surface area (Å²) in [6, 6.07) is 9.47. The summed E-state index contributed by atoms with van der Waals surface area (Å²) >= 11 is 0. The van der Waals surface area contributed by atoms with Crippen molar-refractivity contribution in [1.29, 1.82) is 0 Å². The Morgan fingerprint density at radius 3 is 2.62 bits per heavy atom. The number of sulfonamides is 1. The number of ether oxygens (including phenoxy) is 1. The molecule has 0 aromatic heterocycles. The van der Waals surface area contributed by atoms with Crippen molar-refractivity contribution in [2.75, 3.05) is 26.0 Å². The maximum Gasteiger partial charge on any atom is 0.248 e. The van der Waals surface area contributed by atoms with Gasteiger partial charge in [-0.1, -0.05) is 43.7 Å². The van der Waals surface area contributed by atoms with Gasteiger partial charge in [-0.05, 0) is 17.9 Å². The Balaban J connectivity index is 1.85. The van der Waals surface area contributed by atoms with Crippen LogP contribution in [0.1, 0.15) is 25.3 Å². The van der Waals surface area contributed by atoms with Crippen LogP contribution in [0.3, 0.4) is 0 Å². The largest absolute Gasteiger partial charge is 0.367 e. The van der Waals surface area contributed by atoms with Gasteiger partial charge in [0.2, 0.25) is 15.9 Å². The predicted molar refractivity (Wildman–Crippen MR) is 92.8 cm³/mol. The van der Waals surface area contributed by atoms with Gasteiger partial charge >= 0.3 is 0 Å². The molecule has 1 N–H and O–H groups in total. The highest BCUT2D eigenvalue weighted by molar-refractivity contribution is 7.88. The van der Waals surface area contributed by atoms with Crippen LogP contribution in [0.15, 0.2) is 30.3 Å². The number of nitrogens with zero attached hydrogens (tertiary/aromatic N) is 1. The second kappa shape index (κ2) is 8.60. The fourth-order valence-corrected chi connectivity index (χ4v) is 3.89. The monoisotopic (exact) mass is 354 g/mol. The van der Waals surface area contributed by atoms with E-state index < -0.39 is 10.0 Å². The SMILES string of the molecule is CCC[C@@H]1CN(C(=O)COCc2ccccc2)C[C@H]1NS(C)(=O)=O. The maximum absolute atomic E-state index is 12.3. The molecule has 134 valence electrons. The van der Waals surface area contributed by atoms with Crippen LogP contribution in [-0.4, -0.2) is 51.2 Å². The number of amides is 1. The van der Waals surface area contributed by atoms with E-state index in [9.17, 15) is 13.2 Å². The first-order valence-electron chi connectivity index (χ1n) is 8.25. The lowest BCUT2D eigenvalue weighted by Crippen LogP contribution is -2.40. The standard InChI is InChI=1S/C17H26N2O4S/c1-3-7-15-10-19(11-16(15)18-24(2,21)22)17(20)13-23-12-14-8-5-4-6-9-14/h4-6,8-9,15-16,18H,3,7,10-13H2,1-2H3/t15-,16-/m1/s1. The van der Waals surface area contributed by atoms with E-state index in [2.05, 4.69) is 11.6 Å². The van der Waals surface area contributed by atoms with Gasteiger partial charge in [0, 0.05) is 19.1 Å². The number of nitrogens with one attached hydrogen (secondary N) is 1. The number of likely N-dealkylation sites (tertiary alicyclic amines) is 1. The van der Waals surface area contributed by atoms with Gasteiger partial charge in [0.25, 0.3) is 0 Å². The highest BCUT2D eigenvalue weighted by atomic mass is 32.2. The lowest BCUT2D eigenvalue weighted by atomic mass is 9.99. The predicted octanol–water partition coefficient (Wildman–Crippen LogP) is 1.38. The number of benzene rings is 1. The molecule has 1 aromatic rings.